The maximum atomic E-state index is 12.6. The van der Waals surface area contributed by atoms with Crippen molar-refractivity contribution in [1.29, 1.82) is 0 Å². The van der Waals surface area contributed by atoms with Crippen molar-refractivity contribution in [3.05, 3.63) is 30.1 Å². The second kappa shape index (κ2) is 6.15. The Bertz CT molecular complexity index is 413. The molecular formula is C15H23N3O. The molecule has 0 radical (unpaired) electrons. The molecule has 1 aromatic heterocycles. The Hall–Kier alpha value is -1.42. The summed E-state index contributed by atoms with van der Waals surface area (Å²) in [6.07, 6.45) is 6.29. The van der Waals surface area contributed by atoms with Crippen LogP contribution in [0.15, 0.2) is 24.5 Å². The van der Waals surface area contributed by atoms with E-state index in [-0.39, 0.29) is 17.4 Å². The summed E-state index contributed by atoms with van der Waals surface area (Å²) in [4.78, 5) is 16.6. The van der Waals surface area contributed by atoms with Crippen molar-refractivity contribution in [3.63, 3.8) is 0 Å². The lowest BCUT2D eigenvalue weighted by Gasteiger charge is -2.36. The van der Waals surface area contributed by atoms with Crippen molar-refractivity contribution in [3.8, 4) is 0 Å². The van der Waals surface area contributed by atoms with Gasteiger partial charge in [0, 0.05) is 12.4 Å². The van der Waals surface area contributed by atoms with E-state index in [1.165, 1.54) is 0 Å². The van der Waals surface area contributed by atoms with Gasteiger partial charge in [0.1, 0.15) is 0 Å². The molecule has 0 unspecified atom stereocenters. The van der Waals surface area contributed by atoms with E-state index in [1.807, 2.05) is 19.1 Å². The molecular weight excluding hydrogens is 238 g/mol. The fourth-order valence-electron chi connectivity index (χ4n) is 2.73. The van der Waals surface area contributed by atoms with Crippen LogP contribution in [-0.4, -0.2) is 24.0 Å². The van der Waals surface area contributed by atoms with Crippen molar-refractivity contribution in [2.75, 3.05) is 13.1 Å². The molecule has 1 saturated heterocycles. The minimum absolute atomic E-state index is 0.0359. The van der Waals surface area contributed by atoms with E-state index >= 15 is 0 Å². The summed E-state index contributed by atoms with van der Waals surface area (Å²) in [6.45, 7) is 6.01. The van der Waals surface area contributed by atoms with Crippen LogP contribution in [-0.2, 0) is 4.79 Å². The van der Waals surface area contributed by atoms with E-state index in [4.69, 9.17) is 0 Å². The molecule has 104 valence electrons. The summed E-state index contributed by atoms with van der Waals surface area (Å²) in [5.74, 6) is 0.195. The van der Waals surface area contributed by atoms with E-state index < -0.39 is 0 Å². The number of nitrogens with one attached hydrogen (secondary N) is 2. The van der Waals surface area contributed by atoms with Gasteiger partial charge in [0.25, 0.3) is 0 Å². The molecule has 0 aliphatic carbocycles. The predicted molar refractivity (Wildman–Crippen MR) is 75.6 cm³/mol. The highest BCUT2D eigenvalue weighted by atomic mass is 16.2. The molecule has 2 rings (SSSR count). The van der Waals surface area contributed by atoms with E-state index in [9.17, 15) is 4.79 Å². The van der Waals surface area contributed by atoms with Crippen LogP contribution in [0.25, 0.3) is 0 Å². The first kappa shape index (κ1) is 14.0. The number of nitrogens with zero attached hydrogens (tertiary/aromatic N) is 1. The molecule has 1 aliphatic heterocycles. The van der Waals surface area contributed by atoms with Gasteiger partial charge >= 0.3 is 0 Å². The molecule has 1 amide bonds. The van der Waals surface area contributed by atoms with Crippen molar-refractivity contribution >= 4 is 5.91 Å². The summed E-state index contributed by atoms with van der Waals surface area (Å²) in [7, 11) is 0. The van der Waals surface area contributed by atoms with E-state index in [0.29, 0.717) is 0 Å². The van der Waals surface area contributed by atoms with Gasteiger partial charge in [0.05, 0.1) is 11.5 Å². The summed E-state index contributed by atoms with van der Waals surface area (Å²) in [6, 6.07) is 3.94. The number of pyridine rings is 1. The van der Waals surface area contributed by atoms with Crippen molar-refractivity contribution in [2.24, 2.45) is 5.41 Å². The average Bonchev–Trinajstić information content (AvgIpc) is 2.48. The molecule has 0 saturated carbocycles. The van der Waals surface area contributed by atoms with Crippen LogP contribution in [0.3, 0.4) is 0 Å². The second-order valence-corrected chi connectivity index (χ2v) is 5.36. The zero-order chi connectivity index (χ0) is 13.7. The lowest BCUT2D eigenvalue weighted by molar-refractivity contribution is -0.133. The van der Waals surface area contributed by atoms with Crippen LogP contribution in [0.4, 0.5) is 0 Å². The summed E-state index contributed by atoms with van der Waals surface area (Å²) >= 11 is 0. The number of carbonyl (C=O) groups excluding carboxylic acids is 1. The number of aromatic nitrogens is 1. The molecule has 4 nitrogen and oxygen atoms in total. The highest BCUT2D eigenvalue weighted by Gasteiger charge is 2.38. The fourth-order valence-corrected chi connectivity index (χ4v) is 2.73. The molecule has 1 fully saturated rings. The van der Waals surface area contributed by atoms with Crippen LogP contribution in [0.5, 0.6) is 0 Å². The molecule has 0 aromatic carbocycles. The van der Waals surface area contributed by atoms with Gasteiger partial charge in [-0.25, -0.2) is 0 Å². The Morgan fingerprint density at radius 2 is 2.05 bits per heavy atom. The molecule has 19 heavy (non-hydrogen) atoms. The van der Waals surface area contributed by atoms with Gasteiger partial charge in [-0.15, -0.1) is 0 Å². The Morgan fingerprint density at radius 1 is 1.42 bits per heavy atom. The highest BCUT2D eigenvalue weighted by Crippen LogP contribution is 2.33. The highest BCUT2D eigenvalue weighted by molar-refractivity contribution is 5.83. The predicted octanol–water partition coefficient (Wildman–Crippen LogP) is 2.04. The normalized spacial score (nSPS) is 19.7. The molecule has 2 heterocycles. The first-order chi connectivity index (χ1) is 9.18. The zero-order valence-corrected chi connectivity index (χ0v) is 11.8. The minimum Gasteiger partial charge on any atom is -0.349 e. The number of hydrogen-bond donors (Lipinski definition) is 2. The third kappa shape index (κ3) is 3.13. The molecule has 1 aromatic rings. The Kier molecular flexibility index (Phi) is 4.53. The van der Waals surface area contributed by atoms with Crippen molar-refractivity contribution in [2.45, 2.75) is 39.2 Å². The lowest BCUT2D eigenvalue weighted by Crippen LogP contribution is -2.47. The zero-order valence-electron chi connectivity index (χ0n) is 11.8. The van der Waals surface area contributed by atoms with Crippen LogP contribution < -0.4 is 10.6 Å². The molecule has 0 bridgehead atoms. The maximum absolute atomic E-state index is 12.6. The first-order valence-electron chi connectivity index (χ1n) is 7.09. The van der Waals surface area contributed by atoms with E-state index in [0.717, 1.165) is 37.9 Å². The number of rotatable bonds is 4. The van der Waals surface area contributed by atoms with Gasteiger partial charge in [-0.1, -0.05) is 6.92 Å². The average molecular weight is 261 g/mol. The maximum Gasteiger partial charge on any atom is 0.226 e. The van der Waals surface area contributed by atoms with Gasteiger partial charge in [-0.3, -0.25) is 9.78 Å². The molecule has 1 atom stereocenters. The topological polar surface area (TPSA) is 54.0 Å². The van der Waals surface area contributed by atoms with E-state index in [1.54, 1.807) is 12.4 Å². The second-order valence-electron chi connectivity index (χ2n) is 5.36. The standard InChI is InChI=1S/C15H23N3O/c1-3-15(6-10-17-11-7-15)14(19)18-12(2)13-4-8-16-9-5-13/h4-5,8-9,12,17H,3,6-7,10-11H2,1-2H3,(H,18,19)/t12-/m1/s1. The van der Waals surface area contributed by atoms with Crippen LogP contribution in [0.2, 0.25) is 0 Å². The van der Waals surface area contributed by atoms with Crippen LogP contribution >= 0.6 is 0 Å². The van der Waals surface area contributed by atoms with Crippen molar-refractivity contribution in [1.82, 2.24) is 15.6 Å². The fraction of sp³-hybridized carbons (Fsp3) is 0.600. The lowest BCUT2D eigenvalue weighted by atomic mass is 9.75. The first-order valence-corrected chi connectivity index (χ1v) is 7.09. The SMILES string of the molecule is CCC1(C(=O)N[C@H](C)c2ccncc2)CCNCC1. The van der Waals surface area contributed by atoms with Gasteiger partial charge in [0.15, 0.2) is 0 Å². The summed E-state index contributed by atoms with van der Waals surface area (Å²) in [5.41, 5.74) is 0.913. The molecule has 0 spiro atoms. The van der Waals surface area contributed by atoms with Gasteiger partial charge < -0.3 is 10.6 Å². The van der Waals surface area contributed by atoms with E-state index in [2.05, 4.69) is 22.5 Å². The summed E-state index contributed by atoms with van der Waals surface area (Å²) in [5, 5.41) is 6.49. The summed E-state index contributed by atoms with van der Waals surface area (Å²) < 4.78 is 0. The molecule has 4 heteroatoms. The Balaban J connectivity index is 2.03. The smallest absolute Gasteiger partial charge is 0.226 e. The van der Waals surface area contributed by atoms with Crippen molar-refractivity contribution < 1.29 is 4.79 Å². The molecule has 2 N–H and O–H groups in total. The number of hydrogen-bond acceptors (Lipinski definition) is 3. The minimum atomic E-state index is -0.188. The monoisotopic (exact) mass is 261 g/mol. The quantitative estimate of drug-likeness (QED) is 0.872. The number of amides is 1. The number of piperidine rings is 1. The third-order valence-corrected chi connectivity index (χ3v) is 4.27. The molecule has 1 aliphatic rings. The Labute approximate surface area is 115 Å². The Morgan fingerprint density at radius 3 is 2.63 bits per heavy atom. The van der Waals surface area contributed by atoms with Gasteiger partial charge in [0.2, 0.25) is 5.91 Å². The number of carbonyl (C=O) groups is 1. The largest absolute Gasteiger partial charge is 0.349 e. The van der Waals surface area contributed by atoms with Crippen LogP contribution in [0, 0.1) is 5.41 Å². The van der Waals surface area contributed by atoms with Gasteiger partial charge in [-0.05, 0) is 57.0 Å². The van der Waals surface area contributed by atoms with Crippen LogP contribution in [0.1, 0.15) is 44.7 Å². The van der Waals surface area contributed by atoms with Gasteiger partial charge in [-0.2, -0.15) is 0 Å². The third-order valence-electron chi connectivity index (χ3n) is 4.27.